The van der Waals surface area contributed by atoms with Gasteiger partial charge in [0.05, 0.1) is 7.11 Å². The summed E-state index contributed by atoms with van der Waals surface area (Å²) in [6, 6.07) is 11.8. The van der Waals surface area contributed by atoms with E-state index >= 15 is 0 Å². The quantitative estimate of drug-likeness (QED) is 0.714. The summed E-state index contributed by atoms with van der Waals surface area (Å²) in [7, 11) is 1.41. The van der Waals surface area contributed by atoms with Crippen molar-refractivity contribution in [3.8, 4) is 11.5 Å². The van der Waals surface area contributed by atoms with Crippen molar-refractivity contribution in [2.45, 2.75) is 0 Å². The van der Waals surface area contributed by atoms with Crippen molar-refractivity contribution >= 4 is 23.6 Å². The number of ether oxygens (including phenoxy) is 2. The minimum absolute atomic E-state index is 0.123. The number of imide groups is 1. The summed E-state index contributed by atoms with van der Waals surface area (Å²) in [5.41, 5.74) is 0.385. The molecule has 25 heavy (non-hydrogen) atoms. The van der Waals surface area contributed by atoms with Crippen molar-refractivity contribution in [2.24, 2.45) is 0 Å². The lowest BCUT2D eigenvalue weighted by Gasteiger charge is -2.08. The largest absolute Gasteiger partial charge is 0.507 e. The van der Waals surface area contributed by atoms with Gasteiger partial charge in [0, 0.05) is 11.8 Å². The van der Waals surface area contributed by atoms with Crippen LogP contribution in [0.4, 0.5) is 10.5 Å². The van der Waals surface area contributed by atoms with Crippen molar-refractivity contribution in [1.82, 2.24) is 5.32 Å². The van der Waals surface area contributed by atoms with Crippen LogP contribution in [0.15, 0.2) is 48.5 Å². The zero-order valence-corrected chi connectivity index (χ0v) is 13.3. The van der Waals surface area contributed by atoms with E-state index in [0.29, 0.717) is 11.4 Å². The van der Waals surface area contributed by atoms with Gasteiger partial charge in [-0.1, -0.05) is 18.2 Å². The Balaban J connectivity index is 1.83. The van der Waals surface area contributed by atoms with E-state index in [2.05, 4.69) is 5.32 Å². The lowest BCUT2D eigenvalue weighted by Crippen LogP contribution is -2.37. The highest BCUT2D eigenvalue weighted by Crippen LogP contribution is 2.23. The van der Waals surface area contributed by atoms with Crippen molar-refractivity contribution in [3.05, 3.63) is 54.1 Å². The Morgan fingerprint density at radius 1 is 1.08 bits per heavy atom. The number of phenolic OH excluding ortho intramolecular Hbond substituents is 1. The number of hydrogen-bond donors (Lipinski definition) is 3. The summed E-state index contributed by atoms with van der Waals surface area (Å²) in [4.78, 5) is 35.1. The first-order valence-corrected chi connectivity index (χ1v) is 7.19. The molecule has 0 aliphatic heterocycles. The number of urea groups is 1. The maximum absolute atomic E-state index is 11.8. The Hall–Kier alpha value is -3.55. The molecule has 0 heterocycles. The third kappa shape index (κ3) is 5.24. The summed E-state index contributed by atoms with van der Waals surface area (Å²) in [5, 5.41) is 14.2. The number of para-hydroxylation sites is 1. The highest BCUT2D eigenvalue weighted by atomic mass is 16.5. The van der Waals surface area contributed by atoms with Crippen LogP contribution in [-0.4, -0.2) is 36.7 Å². The fourth-order valence-electron chi connectivity index (χ4n) is 1.87. The number of nitrogens with one attached hydrogen (secondary N) is 2. The van der Waals surface area contributed by atoms with E-state index in [0.717, 1.165) is 0 Å². The topological polar surface area (TPSA) is 114 Å². The first kappa shape index (κ1) is 17.8. The number of carbonyl (C=O) groups excluding carboxylic acids is 3. The number of benzene rings is 2. The van der Waals surface area contributed by atoms with Gasteiger partial charge in [0.15, 0.2) is 6.61 Å². The Morgan fingerprint density at radius 3 is 2.44 bits per heavy atom. The van der Waals surface area contributed by atoms with Crippen LogP contribution >= 0.6 is 0 Å². The molecule has 8 nitrogen and oxygen atoms in total. The van der Waals surface area contributed by atoms with Crippen LogP contribution in [0.3, 0.4) is 0 Å². The second-order valence-corrected chi connectivity index (χ2v) is 4.83. The molecule has 0 saturated carbocycles. The molecule has 8 heteroatoms. The van der Waals surface area contributed by atoms with Crippen LogP contribution in [-0.2, 0) is 9.53 Å². The highest BCUT2D eigenvalue weighted by molar-refractivity contribution is 6.02. The summed E-state index contributed by atoms with van der Waals surface area (Å²) in [6.07, 6.45) is 0. The SMILES string of the molecule is COc1ccc(C(=O)OCC(=O)NC(=O)Nc2ccccc2)c(O)c1. The van der Waals surface area contributed by atoms with E-state index in [1.54, 1.807) is 30.3 Å². The fourth-order valence-corrected chi connectivity index (χ4v) is 1.87. The number of carbonyl (C=O) groups is 3. The van der Waals surface area contributed by atoms with Gasteiger partial charge in [-0.15, -0.1) is 0 Å². The van der Waals surface area contributed by atoms with Gasteiger partial charge in [0.25, 0.3) is 5.91 Å². The molecule has 2 aromatic rings. The van der Waals surface area contributed by atoms with Gasteiger partial charge in [-0.25, -0.2) is 9.59 Å². The summed E-state index contributed by atoms with van der Waals surface area (Å²) in [6.45, 7) is -0.674. The van der Waals surface area contributed by atoms with Crippen molar-refractivity contribution in [3.63, 3.8) is 0 Å². The molecule has 0 aliphatic rings. The maximum Gasteiger partial charge on any atom is 0.342 e. The average Bonchev–Trinajstić information content (AvgIpc) is 2.60. The molecule has 0 aromatic heterocycles. The molecule has 2 aromatic carbocycles. The maximum atomic E-state index is 11.8. The minimum Gasteiger partial charge on any atom is -0.507 e. The third-order valence-electron chi connectivity index (χ3n) is 3.04. The first-order chi connectivity index (χ1) is 12.0. The van der Waals surface area contributed by atoms with Gasteiger partial charge in [-0.3, -0.25) is 10.1 Å². The molecule has 0 spiro atoms. The van der Waals surface area contributed by atoms with Gasteiger partial charge < -0.3 is 19.9 Å². The molecule has 0 saturated heterocycles. The number of amides is 3. The lowest BCUT2D eigenvalue weighted by atomic mass is 10.2. The van der Waals surface area contributed by atoms with Gasteiger partial charge in [-0.2, -0.15) is 0 Å². The Bertz CT molecular complexity index is 776. The second-order valence-electron chi connectivity index (χ2n) is 4.83. The van der Waals surface area contributed by atoms with Crippen molar-refractivity contribution < 1.29 is 29.0 Å². The van der Waals surface area contributed by atoms with Crippen LogP contribution in [0.5, 0.6) is 11.5 Å². The molecule has 0 fully saturated rings. The molecule has 0 bridgehead atoms. The summed E-state index contributed by atoms with van der Waals surface area (Å²) in [5.74, 6) is -1.69. The molecule has 0 atom stereocenters. The van der Waals surface area contributed by atoms with E-state index in [4.69, 9.17) is 9.47 Å². The van der Waals surface area contributed by atoms with Gasteiger partial charge in [-0.05, 0) is 24.3 Å². The molecular formula is C17H16N2O6. The third-order valence-corrected chi connectivity index (χ3v) is 3.04. The van der Waals surface area contributed by atoms with Crippen LogP contribution < -0.4 is 15.4 Å². The zero-order chi connectivity index (χ0) is 18.2. The first-order valence-electron chi connectivity index (χ1n) is 7.19. The highest BCUT2D eigenvalue weighted by Gasteiger charge is 2.16. The Kier molecular flexibility index (Phi) is 5.94. The summed E-state index contributed by atoms with van der Waals surface area (Å²) < 4.78 is 9.66. The van der Waals surface area contributed by atoms with Crippen LogP contribution in [0.2, 0.25) is 0 Å². The lowest BCUT2D eigenvalue weighted by molar-refractivity contribution is -0.123. The number of hydrogen-bond acceptors (Lipinski definition) is 6. The van der Waals surface area contributed by atoms with E-state index in [9.17, 15) is 19.5 Å². The fraction of sp³-hybridized carbons (Fsp3) is 0.118. The van der Waals surface area contributed by atoms with Gasteiger partial charge in [0.2, 0.25) is 0 Å². The van der Waals surface area contributed by atoms with E-state index in [1.807, 2.05) is 5.32 Å². The van der Waals surface area contributed by atoms with Crippen molar-refractivity contribution in [1.29, 1.82) is 0 Å². The summed E-state index contributed by atoms with van der Waals surface area (Å²) >= 11 is 0. The van der Waals surface area contributed by atoms with Gasteiger partial charge >= 0.3 is 12.0 Å². The monoisotopic (exact) mass is 344 g/mol. The number of anilines is 1. The number of methoxy groups -OCH3 is 1. The number of phenols is 1. The smallest absolute Gasteiger partial charge is 0.342 e. The number of aromatic hydroxyl groups is 1. The molecule has 2 rings (SSSR count). The Morgan fingerprint density at radius 2 is 1.80 bits per heavy atom. The van der Waals surface area contributed by atoms with E-state index in [1.165, 1.54) is 25.3 Å². The van der Waals surface area contributed by atoms with Crippen molar-refractivity contribution in [2.75, 3.05) is 19.0 Å². The molecule has 0 unspecified atom stereocenters. The standard InChI is InChI=1S/C17H16N2O6/c1-24-12-7-8-13(14(20)9-12)16(22)25-10-15(21)19-17(23)18-11-5-3-2-4-6-11/h2-9,20H,10H2,1H3,(H2,18,19,21,23). The predicted molar refractivity (Wildman–Crippen MR) is 88.5 cm³/mol. The van der Waals surface area contributed by atoms with Crippen LogP contribution in [0.25, 0.3) is 0 Å². The van der Waals surface area contributed by atoms with Gasteiger partial charge in [0.1, 0.15) is 17.1 Å². The second kappa shape index (κ2) is 8.34. The molecule has 130 valence electrons. The zero-order valence-electron chi connectivity index (χ0n) is 13.3. The normalized spacial score (nSPS) is 9.80. The number of rotatable bonds is 5. The van der Waals surface area contributed by atoms with E-state index < -0.39 is 24.5 Å². The number of esters is 1. The molecule has 0 radical (unpaired) electrons. The molecule has 0 aliphatic carbocycles. The molecule has 3 amide bonds. The van der Waals surface area contributed by atoms with E-state index in [-0.39, 0.29) is 11.3 Å². The Labute approximate surface area is 143 Å². The average molecular weight is 344 g/mol. The predicted octanol–water partition coefficient (Wildman–Crippen LogP) is 1.91. The minimum atomic E-state index is -0.904. The van der Waals surface area contributed by atoms with Crippen LogP contribution in [0, 0.1) is 0 Å². The molecule has 3 N–H and O–H groups in total. The molecular weight excluding hydrogens is 328 g/mol. The van der Waals surface area contributed by atoms with Crippen LogP contribution in [0.1, 0.15) is 10.4 Å².